The number of esters is 4. The van der Waals surface area contributed by atoms with Crippen LogP contribution in [-0.4, -0.2) is 92.0 Å². The molecule has 3 aromatic carbocycles. The maximum atomic E-state index is 12.9. The molecule has 0 aromatic heterocycles. The van der Waals surface area contributed by atoms with Crippen LogP contribution in [0.15, 0.2) is 66.7 Å². The van der Waals surface area contributed by atoms with E-state index in [0.717, 1.165) is 50.1 Å². The normalized spacial score (nSPS) is 19.8. The van der Waals surface area contributed by atoms with E-state index in [9.17, 15) is 33.9 Å². The number of rotatable bonds is 14. The molecule has 5 rings (SSSR count). The summed E-state index contributed by atoms with van der Waals surface area (Å²) in [4.78, 5) is 74.6. The molecular formula is C39H42N2O14. The Hall–Kier alpha value is -6.00. The van der Waals surface area contributed by atoms with Crippen LogP contribution in [0.1, 0.15) is 55.4 Å². The minimum Gasteiger partial charge on any atom is -0.467 e. The van der Waals surface area contributed by atoms with Gasteiger partial charge in [0, 0.05) is 51.8 Å². The van der Waals surface area contributed by atoms with Crippen LogP contribution in [0, 0.1) is 0 Å². The predicted molar refractivity (Wildman–Crippen MR) is 190 cm³/mol. The Balaban J connectivity index is 1.22. The Bertz CT molecular complexity index is 1870. The zero-order valence-electron chi connectivity index (χ0n) is 30.6. The molecule has 1 aliphatic heterocycles. The molecule has 2 amide bonds. The van der Waals surface area contributed by atoms with Crippen LogP contribution < -0.4 is 15.4 Å². The highest BCUT2D eigenvalue weighted by Crippen LogP contribution is 2.44. The van der Waals surface area contributed by atoms with Crippen LogP contribution in [0.25, 0.3) is 11.1 Å². The number of ether oxygens (including phenoxy) is 7. The third-order valence-electron chi connectivity index (χ3n) is 8.83. The highest BCUT2D eigenvalue weighted by Gasteiger charge is 2.56. The zero-order valence-corrected chi connectivity index (χ0v) is 30.6. The number of benzene rings is 3. The number of fused-ring (bicyclic) bond motifs is 3. The number of alkyl carbamates (subject to hydrolysis) is 1. The number of aliphatic hydroxyl groups is 1. The minimum atomic E-state index is -1.68. The first-order valence-electron chi connectivity index (χ1n) is 17.4. The van der Waals surface area contributed by atoms with E-state index in [1.807, 2.05) is 48.5 Å². The summed E-state index contributed by atoms with van der Waals surface area (Å²) in [6, 6.07) is 20.4. The van der Waals surface area contributed by atoms with Gasteiger partial charge in [0.05, 0.1) is 13.7 Å². The van der Waals surface area contributed by atoms with E-state index < -0.39 is 66.6 Å². The van der Waals surface area contributed by atoms with E-state index >= 15 is 0 Å². The summed E-state index contributed by atoms with van der Waals surface area (Å²) < 4.78 is 38.4. The van der Waals surface area contributed by atoms with Crippen LogP contribution in [0.2, 0.25) is 0 Å². The van der Waals surface area contributed by atoms with Crippen molar-refractivity contribution in [2.75, 3.05) is 20.3 Å². The third-order valence-corrected chi connectivity index (χ3v) is 8.83. The average Bonchev–Trinajstić information content (AvgIpc) is 3.48. The molecule has 0 radical (unpaired) electrons. The van der Waals surface area contributed by atoms with Crippen LogP contribution in [0.5, 0.6) is 5.75 Å². The van der Waals surface area contributed by atoms with Crippen molar-refractivity contribution in [2.45, 2.75) is 77.0 Å². The molecule has 0 spiro atoms. The van der Waals surface area contributed by atoms with Gasteiger partial charge in [-0.15, -0.1) is 0 Å². The fourth-order valence-electron chi connectivity index (χ4n) is 6.49. The SMILES string of the molecule is COC(=O)[C@H]1OC(Oc2ccc(CO)cc2CNC(=O)CCNC(=O)OCC2c3ccccc3-c3ccccc32)[C@H](OC(C)=O)[C@@H](OC(C)=O)[C@@H]1OC(C)=O. The van der Waals surface area contributed by atoms with Gasteiger partial charge in [-0.3, -0.25) is 19.2 Å². The monoisotopic (exact) mass is 762 g/mol. The fourth-order valence-corrected chi connectivity index (χ4v) is 6.49. The van der Waals surface area contributed by atoms with E-state index in [1.165, 1.54) is 18.2 Å². The van der Waals surface area contributed by atoms with Crippen LogP contribution >= 0.6 is 0 Å². The van der Waals surface area contributed by atoms with Gasteiger partial charge in [0.25, 0.3) is 0 Å². The number of hydrogen-bond donors (Lipinski definition) is 3. The first-order chi connectivity index (χ1) is 26.4. The predicted octanol–water partition coefficient (Wildman–Crippen LogP) is 2.80. The van der Waals surface area contributed by atoms with Gasteiger partial charge in [-0.1, -0.05) is 54.6 Å². The molecule has 3 aromatic rings. The summed E-state index contributed by atoms with van der Waals surface area (Å²) in [7, 11) is 1.06. The number of carbonyl (C=O) groups excluding carboxylic acids is 6. The van der Waals surface area contributed by atoms with Gasteiger partial charge < -0.3 is 48.9 Å². The second kappa shape index (κ2) is 18.4. The first kappa shape index (κ1) is 40.2. The lowest BCUT2D eigenvalue weighted by molar-refractivity contribution is -0.282. The Morgan fingerprint density at radius 2 is 1.36 bits per heavy atom. The van der Waals surface area contributed by atoms with E-state index in [2.05, 4.69) is 10.6 Å². The smallest absolute Gasteiger partial charge is 0.407 e. The Morgan fingerprint density at radius 1 is 0.764 bits per heavy atom. The first-order valence-corrected chi connectivity index (χ1v) is 17.4. The number of aliphatic hydroxyl groups excluding tert-OH is 1. The molecule has 16 heteroatoms. The molecule has 0 bridgehead atoms. The summed E-state index contributed by atoms with van der Waals surface area (Å²) in [6.45, 7) is 2.80. The van der Waals surface area contributed by atoms with Crippen molar-refractivity contribution >= 4 is 35.9 Å². The molecule has 292 valence electrons. The molecule has 0 saturated carbocycles. The molecule has 1 unspecified atom stereocenters. The molecule has 55 heavy (non-hydrogen) atoms. The quantitative estimate of drug-likeness (QED) is 0.159. The maximum Gasteiger partial charge on any atom is 0.407 e. The van der Waals surface area contributed by atoms with Gasteiger partial charge in [0.1, 0.15) is 12.4 Å². The van der Waals surface area contributed by atoms with Crippen LogP contribution in [-0.2, 0) is 65.5 Å². The van der Waals surface area contributed by atoms with Crippen molar-refractivity contribution in [3.63, 3.8) is 0 Å². The third kappa shape index (κ3) is 9.96. The van der Waals surface area contributed by atoms with E-state index in [4.69, 9.17) is 33.2 Å². The lowest BCUT2D eigenvalue weighted by Gasteiger charge is -2.43. The summed E-state index contributed by atoms with van der Waals surface area (Å²) in [5.41, 5.74) is 5.12. The molecular weight excluding hydrogens is 720 g/mol. The van der Waals surface area contributed by atoms with Crippen LogP contribution in [0.3, 0.4) is 0 Å². The summed E-state index contributed by atoms with van der Waals surface area (Å²) in [5.74, 6) is -4.06. The summed E-state index contributed by atoms with van der Waals surface area (Å²) in [6.07, 6.45) is -8.82. The van der Waals surface area contributed by atoms with Crippen LogP contribution in [0.4, 0.5) is 4.79 Å². The van der Waals surface area contributed by atoms with Crippen molar-refractivity contribution in [1.29, 1.82) is 0 Å². The second-order valence-corrected chi connectivity index (χ2v) is 12.7. The van der Waals surface area contributed by atoms with E-state index in [0.29, 0.717) is 11.1 Å². The Morgan fingerprint density at radius 3 is 1.96 bits per heavy atom. The minimum absolute atomic E-state index is 0.0293. The van der Waals surface area contributed by atoms with Crippen molar-refractivity contribution in [3.8, 4) is 16.9 Å². The second-order valence-electron chi connectivity index (χ2n) is 12.7. The molecule has 5 atom stereocenters. The van der Waals surface area contributed by atoms with E-state index in [-0.39, 0.29) is 44.4 Å². The summed E-state index contributed by atoms with van der Waals surface area (Å²) >= 11 is 0. The molecule has 3 N–H and O–H groups in total. The van der Waals surface area contributed by atoms with Gasteiger partial charge >= 0.3 is 30.0 Å². The molecule has 1 saturated heterocycles. The molecule has 1 fully saturated rings. The highest BCUT2D eigenvalue weighted by atomic mass is 16.7. The average molecular weight is 763 g/mol. The van der Waals surface area contributed by atoms with E-state index in [1.54, 1.807) is 0 Å². The molecule has 2 aliphatic rings. The van der Waals surface area contributed by atoms with Crippen molar-refractivity contribution in [3.05, 3.63) is 89.0 Å². The standard InChI is InChI=1S/C39H42N2O14/c1-21(43)51-33-34(52-22(2)44)36(53-23(3)45)38(55-35(33)37(47)49-4)54-31-14-13-24(19-42)17-25(31)18-41-32(46)15-16-40-39(48)50-20-30-28-11-7-5-9-26(28)27-10-6-8-12-29(27)30/h5-14,17,30,33-36,38,42H,15-16,18-20H2,1-4H3,(H,40,48)(H,41,46)/t33-,34-,35-,36+,38?/m0/s1. The van der Waals surface area contributed by atoms with Gasteiger partial charge in [0.15, 0.2) is 18.3 Å². The van der Waals surface area contributed by atoms with Crippen molar-refractivity contribution in [1.82, 2.24) is 10.6 Å². The van der Waals surface area contributed by atoms with Gasteiger partial charge in [-0.25, -0.2) is 9.59 Å². The topological polar surface area (TPSA) is 211 Å². The molecule has 1 aliphatic carbocycles. The van der Waals surface area contributed by atoms with Gasteiger partial charge in [-0.2, -0.15) is 0 Å². The number of carbonyl (C=O) groups is 6. The fraction of sp³-hybridized carbons (Fsp3) is 0.385. The van der Waals surface area contributed by atoms with Gasteiger partial charge in [0.2, 0.25) is 18.3 Å². The van der Waals surface area contributed by atoms with Gasteiger partial charge in [-0.05, 0) is 39.9 Å². The lowest BCUT2D eigenvalue weighted by Crippen LogP contribution is -2.64. The number of hydrogen-bond acceptors (Lipinski definition) is 14. The highest BCUT2D eigenvalue weighted by molar-refractivity contribution is 5.80. The number of amides is 2. The number of methoxy groups -OCH3 is 1. The summed E-state index contributed by atoms with van der Waals surface area (Å²) in [5, 5.41) is 15.1. The molecule has 1 heterocycles. The molecule has 16 nitrogen and oxygen atoms in total. The van der Waals surface area contributed by atoms with Crippen molar-refractivity contribution in [2.24, 2.45) is 0 Å². The zero-order chi connectivity index (χ0) is 39.6. The van der Waals surface area contributed by atoms with Crippen molar-refractivity contribution < 1.29 is 67.0 Å². The lowest BCUT2D eigenvalue weighted by atomic mass is 9.97. The maximum absolute atomic E-state index is 12.9. The largest absolute Gasteiger partial charge is 0.467 e. The Kier molecular flexibility index (Phi) is 13.4. The Labute approximate surface area is 316 Å². The number of nitrogens with one attached hydrogen (secondary N) is 2.